The van der Waals surface area contributed by atoms with Gasteiger partial charge in [0.15, 0.2) is 35.3 Å². The van der Waals surface area contributed by atoms with E-state index in [0.29, 0.717) is 75.2 Å². The first-order valence-electron chi connectivity index (χ1n) is 16.2. The van der Waals surface area contributed by atoms with Gasteiger partial charge < -0.3 is 25.3 Å². The van der Waals surface area contributed by atoms with Crippen molar-refractivity contribution in [3.05, 3.63) is 124 Å². The van der Waals surface area contributed by atoms with Crippen molar-refractivity contribution in [3.8, 4) is 11.3 Å². The van der Waals surface area contributed by atoms with Gasteiger partial charge in [-0.2, -0.15) is 0 Å². The van der Waals surface area contributed by atoms with Crippen molar-refractivity contribution in [2.24, 2.45) is 5.73 Å². The van der Waals surface area contributed by atoms with E-state index in [1.165, 1.54) is 6.33 Å². The fraction of sp³-hybridized carbons (Fsp3) is 0.222. The zero-order valence-corrected chi connectivity index (χ0v) is 28.9. The van der Waals surface area contributed by atoms with E-state index in [9.17, 15) is 18.0 Å². The lowest BCUT2D eigenvalue weighted by atomic mass is 9.86. The van der Waals surface area contributed by atoms with Crippen molar-refractivity contribution in [1.82, 2.24) is 29.5 Å². The Balaban J connectivity index is 1.18. The molecule has 16 heteroatoms. The summed E-state index contributed by atoms with van der Waals surface area (Å²) in [5, 5.41) is 3.78. The average molecular weight is 749 g/mol. The number of hydrogen-bond acceptors (Lipinski definition) is 10. The number of hydrogen-bond donors (Lipinski definition) is 2. The Morgan fingerprint density at radius 3 is 2.62 bits per heavy atom. The Bertz CT molecular complexity index is 2290. The van der Waals surface area contributed by atoms with E-state index in [0.717, 1.165) is 12.5 Å². The standard InChI is InChI=1S/C36H30Cl2F3N9O2/c37-24-6-2-1-5-21(24)12-32(51)52-20-47-34-33-35(45-18-44-34)50(19-46-33)16-22-11-28(23-13-26(40)27(41)14-25(23)39)43-15-29(22)49-10-4-9-36(42,17-49)30-7-3-8-31(38)48-30/h1-3,5-8,11,13-15,18-19H,4,9-10,12,16-17,20,42H2,(H,44,45,47)/t36-/m1/s1. The molecule has 0 amide bonds. The van der Waals surface area contributed by atoms with Gasteiger partial charge >= 0.3 is 5.97 Å². The highest BCUT2D eigenvalue weighted by Gasteiger charge is 2.36. The van der Waals surface area contributed by atoms with Crippen LogP contribution in [0.25, 0.3) is 22.4 Å². The number of rotatable bonds is 10. The minimum atomic E-state index is -1.30. The van der Waals surface area contributed by atoms with Crippen LogP contribution in [0.15, 0.2) is 79.5 Å². The molecular weight excluding hydrogens is 718 g/mol. The quantitative estimate of drug-likeness (QED) is 0.0677. The highest BCUT2D eigenvalue weighted by molar-refractivity contribution is 6.31. The van der Waals surface area contributed by atoms with E-state index in [1.54, 1.807) is 59.6 Å². The molecule has 0 unspecified atom stereocenters. The molecule has 0 aliphatic carbocycles. The lowest BCUT2D eigenvalue weighted by Crippen LogP contribution is -2.52. The summed E-state index contributed by atoms with van der Waals surface area (Å²) in [6, 6.07) is 15.2. The normalized spacial score (nSPS) is 15.9. The molecule has 11 nitrogen and oxygen atoms in total. The van der Waals surface area contributed by atoms with Crippen molar-refractivity contribution < 1.29 is 22.7 Å². The zero-order chi connectivity index (χ0) is 36.4. The van der Waals surface area contributed by atoms with Crippen LogP contribution in [0.5, 0.6) is 0 Å². The molecule has 3 N–H and O–H groups in total. The number of piperidine rings is 1. The van der Waals surface area contributed by atoms with Crippen LogP contribution in [0, 0.1) is 17.5 Å². The first kappa shape index (κ1) is 35.1. The van der Waals surface area contributed by atoms with Crippen LogP contribution in [-0.2, 0) is 28.0 Å². The van der Waals surface area contributed by atoms with E-state index in [-0.39, 0.29) is 31.0 Å². The number of nitrogens with two attached hydrogens (primary N) is 1. The molecule has 0 spiro atoms. The summed E-state index contributed by atoms with van der Waals surface area (Å²) in [6.45, 7) is 0.976. The highest BCUT2D eigenvalue weighted by Crippen LogP contribution is 2.35. The predicted molar refractivity (Wildman–Crippen MR) is 190 cm³/mol. The van der Waals surface area contributed by atoms with Gasteiger partial charge in [0.25, 0.3) is 0 Å². The summed E-state index contributed by atoms with van der Waals surface area (Å²) < 4.78 is 50.2. The van der Waals surface area contributed by atoms with Gasteiger partial charge in [-0.1, -0.05) is 47.5 Å². The molecule has 5 heterocycles. The summed E-state index contributed by atoms with van der Waals surface area (Å²) in [5.74, 6) is -3.62. The van der Waals surface area contributed by atoms with Gasteiger partial charge in [-0.05, 0) is 54.3 Å². The van der Waals surface area contributed by atoms with Crippen LogP contribution >= 0.6 is 23.2 Å². The minimum absolute atomic E-state index is 0.00220. The SMILES string of the molecule is N[C@]1(c2cccc(Cl)n2)CCCN(c2cnc(-c3cc(F)c(F)cc3F)cc2Cn2cnc3c(NCOC(=O)Cc4ccccc4Cl)ncnc32)C1. The number of nitrogens with one attached hydrogen (secondary N) is 1. The largest absolute Gasteiger partial charge is 0.444 e. The molecule has 0 saturated carbocycles. The number of fused-ring (bicyclic) bond motifs is 1. The lowest BCUT2D eigenvalue weighted by Gasteiger charge is -2.41. The lowest BCUT2D eigenvalue weighted by molar-refractivity contribution is -0.142. The van der Waals surface area contributed by atoms with Crippen molar-refractivity contribution in [1.29, 1.82) is 0 Å². The third-order valence-electron chi connectivity index (χ3n) is 8.85. The first-order valence-corrected chi connectivity index (χ1v) is 16.9. The molecule has 1 aliphatic rings. The van der Waals surface area contributed by atoms with Crippen molar-refractivity contribution in [2.75, 3.05) is 30.0 Å². The van der Waals surface area contributed by atoms with Gasteiger partial charge in [0.05, 0.1) is 48.1 Å². The molecule has 1 fully saturated rings. The van der Waals surface area contributed by atoms with Crippen LogP contribution in [0.3, 0.4) is 0 Å². The maximum atomic E-state index is 15.0. The van der Waals surface area contributed by atoms with E-state index >= 15 is 0 Å². The number of anilines is 2. The second-order valence-corrected chi connectivity index (χ2v) is 13.1. The van der Waals surface area contributed by atoms with Gasteiger partial charge in [0, 0.05) is 29.7 Å². The minimum Gasteiger partial charge on any atom is -0.444 e. The third-order valence-corrected chi connectivity index (χ3v) is 9.43. The second-order valence-electron chi connectivity index (χ2n) is 12.3. The van der Waals surface area contributed by atoms with E-state index < -0.39 is 29.0 Å². The van der Waals surface area contributed by atoms with Gasteiger partial charge in [-0.25, -0.2) is 33.1 Å². The molecule has 1 aliphatic heterocycles. The summed E-state index contributed by atoms with van der Waals surface area (Å²) in [5.41, 5.74) is 9.48. The van der Waals surface area contributed by atoms with Crippen LogP contribution < -0.4 is 16.0 Å². The third kappa shape index (κ3) is 7.36. The number of ether oxygens (including phenoxy) is 1. The molecule has 4 aromatic heterocycles. The van der Waals surface area contributed by atoms with E-state index in [2.05, 4.69) is 35.1 Å². The predicted octanol–water partition coefficient (Wildman–Crippen LogP) is 6.67. The second kappa shape index (κ2) is 14.7. The van der Waals surface area contributed by atoms with Gasteiger partial charge in [-0.15, -0.1) is 0 Å². The Morgan fingerprint density at radius 1 is 0.962 bits per heavy atom. The van der Waals surface area contributed by atoms with Crippen molar-refractivity contribution in [2.45, 2.75) is 31.3 Å². The molecule has 7 rings (SSSR count). The average Bonchev–Trinajstić information content (AvgIpc) is 3.54. The monoisotopic (exact) mass is 747 g/mol. The summed E-state index contributed by atoms with van der Waals surface area (Å²) in [7, 11) is 0. The molecule has 52 heavy (non-hydrogen) atoms. The number of nitrogens with zero attached hydrogens (tertiary/aromatic N) is 7. The first-order chi connectivity index (χ1) is 25.1. The Morgan fingerprint density at radius 2 is 1.79 bits per heavy atom. The zero-order valence-electron chi connectivity index (χ0n) is 27.4. The molecule has 6 aromatic rings. The smallest absolute Gasteiger partial charge is 0.312 e. The highest BCUT2D eigenvalue weighted by atomic mass is 35.5. The van der Waals surface area contributed by atoms with Crippen LogP contribution in [0.2, 0.25) is 10.2 Å². The van der Waals surface area contributed by atoms with Gasteiger partial charge in [0.1, 0.15) is 17.3 Å². The fourth-order valence-electron chi connectivity index (χ4n) is 6.29. The van der Waals surface area contributed by atoms with Crippen LogP contribution in [0.4, 0.5) is 24.7 Å². The number of imidazole rings is 1. The number of pyridine rings is 2. The summed E-state index contributed by atoms with van der Waals surface area (Å²) >= 11 is 12.4. The molecule has 0 radical (unpaired) electrons. The maximum absolute atomic E-state index is 15.0. The number of carbonyl (C=O) groups is 1. The Hall–Kier alpha value is -5.31. The number of carbonyl (C=O) groups excluding carboxylic acids is 1. The summed E-state index contributed by atoms with van der Waals surface area (Å²) in [4.78, 5) is 36.7. The molecule has 266 valence electrons. The van der Waals surface area contributed by atoms with Crippen molar-refractivity contribution in [3.63, 3.8) is 0 Å². The number of benzene rings is 2. The topological polar surface area (TPSA) is 137 Å². The van der Waals surface area contributed by atoms with Crippen LogP contribution in [0.1, 0.15) is 29.7 Å². The maximum Gasteiger partial charge on any atom is 0.312 e. The van der Waals surface area contributed by atoms with Gasteiger partial charge in [-0.3, -0.25) is 9.78 Å². The van der Waals surface area contributed by atoms with E-state index in [1.807, 2.05) is 6.07 Å². The number of aromatic nitrogens is 6. The molecular formula is C36H30Cl2F3N9O2. The fourth-order valence-corrected chi connectivity index (χ4v) is 6.66. The molecule has 1 atom stereocenters. The number of halogens is 5. The van der Waals surface area contributed by atoms with E-state index in [4.69, 9.17) is 33.7 Å². The van der Waals surface area contributed by atoms with Gasteiger partial charge in [0.2, 0.25) is 0 Å². The van der Waals surface area contributed by atoms with Crippen molar-refractivity contribution >= 4 is 51.8 Å². The Labute approximate surface area is 305 Å². The molecule has 0 bridgehead atoms. The molecule has 2 aromatic carbocycles. The summed E-state index contributed by atoms with van der Waals surface area (Å²) in [6.07, 6.45) is 5.86. The number of esters is 1. The molecule has 1 saturated heterocycles. The van der Waals surface area contributed by atoms with Crippen LogP contribution in [-0.4, -0.2) is 55.3 Å². The Kier molecular flexibility index (Phi) is 9.95.